The normalized spacial score (nSPS) is 14.3. The molecular weight excluding hydrogens is 468 g/mol. The lowest BCUT2D eigenvalue weighted by molar-refractivity contribution is 0.700. The van der Waals surface area contributed by atoms with Gasteiger partial charge in [0.2, 0.25) is 0 Å². The molecule has 0 N–H and O–H groups in total. The number of halogens is 1. The summed E-state index contributed by atoms with van der Waals surface area (Å²) in [5, 5.41) is 15.8. The van der Waals surface area contributed by atoms with Gasteiger partial charge in [-0.25, -0.2) is 9.38 Å². The summed E-state index contributed by atoms with van der Waals surface area (Å²) in [4.78, 5) is 7.44. The molecule has 0 fully saturated rings. The first-order valence-corrected chi connectivity index (χ1v) is 12.2. The minimum atomic E-state index is 0.741. The summed E-state index contributed by atoms with van der Waals surface area (Å²) in [6, 6.07) is 8.42. The minimum Gasteiger partial charge on any atom is -0.244 e. The average molecular weight is 485 g/mol. The first-order valence-electron chi connectivity index (χ1n) is 9.61. The molecule has 1 aliphatic rings. The summed E-state index contributed by atoms with van der Waals surface area (Å²) in [6.07, 6.45) is 4.77. The van der Waals surface area contributed by atoms with Crippen LogP contribution in [-0.4, -0.2) is 29.2 Å². The molecule has 1 aliphatic carbocycles. The third-order valence-electron chi connectivity index (χ3n) is 5.38. The highest BCUT2D eigenvalue weighted by atomic mass is 79.9. The fraction of sp³-hybridized carbons (Fsp3) is 0.300. The predicted octanol–water partition coefficient (Wildman–Crippen LogP) is 5.23. The van der Waals surface area contributed by atoms with Gasteiger partial charge in [0.15, 0.2) is 10.8 Å². The van der Waals surface area contributed by atoms with Crippen molar-refractivity contribution in [2.24, 2.45) is 0 Å². The molecule has 0 bridgehead atoms. The van der Waals surface area contributed by atoms with E-state index in [0.717, 1.165) is 45.5 Å². The number of thiophene rings is 1. The van der Waals surface area contributed by atoms with Gasteiger partial charge in [0.1, 0.15) is 10.7 Å². The molecule has 0 saturated heterocycles. The van der Waals surface area contributed by atoms with Gasteiger partial charge in [-0.2, -0.15) is 4.52 Å². The zero-order valence-electron chi connectivity index (χ0n) is 15.7. The van der Waals surface area contributed by atoms with Gasteiger partial charge in [0.05, 0.1) is 5.39 Å². The molecule has 0 saturated carbocycles. The minimum absolute atomic E-state index is 0.741. The third kappa shape index (κ3) is 2.82. The summed E-state index contributed by atoms with van der Waals surface area (Å²) in [7, 11) is 0. The maximum absolute atomic E-state index is 4.75. The van der Waals surface area contributed by atoms with Crippen LogP contribution in [0.25, 0.3) is 21.6 Å². The van der Waals surface area contributed by atoms with Crippen LogP contribution < -0.4 is 0 Å². The smallest absolute Gasteiger partial charge is 0.244 e. The van der Waals surface area contributed by atoms with E-state index in [4.69, 9.17) is 4.98 Å². The van der Waals surface area contributed by atoms with Gasteiger partial charge in [-0.1, -0.05) is 39.8 Å². The van der Waals surface area contributed by atoms with E-state index in [9.17, 15) is 0 Å². The Morgan fingerprint density at radius 1 is 1.14 bits per heavy atom. The van der Waals surface area contributed by atoms with E-state index in [1.165, 1.54) is 39.1 Å². The zero-order chi connectivity index (χ0) is 19.5. The maximum Gasteiger partial charge on any atom is 0.260 e. The number of aryl methyl sites for hydroxylation is 3. The molecule has 4 aromatic heterocycles. The molecule has 0 unspecified atom stereocenters. The Morgan fingerprint density at radius 2 is 1.97 bits per heavy atom. The van der Waals surface area contributed by atoms with Crippen molar-refractivity contribution < 1.29 is 0 Å². The van der Waals surface area contributed by atoms with Crippen molar-refractivity contribution >= 4 is 60.7 Å². The van der Waals surface area contributed by atoms with Crippen molar-refractivity contribution in [2.75, 3.05) is 0 Å². The van der Waals surface area contributed by atoms with Crippen molar-refractivity contribution in [3.8, 4) is 0 Å². The van der Waals surface area contributed by atoms with Crippen LogP contribution in [0.3, 0.4) is 0 Å². The third-order valence-corrected chi connectivity index (χ3v) is 8.19. The Kier molecular flexibility index (Phi) is 4.18. The summed E-state index contributed by atoms with van der Waals surface area (Å²) in [5.41, 5.74) is 3.63. The molecule has 0 radical (unpaired) electrons. The fourth-order valence-corrected chi connectivity index (χ4v) is 6.65. The van der Waals surface area contributed by atoms with Crippen molar-refractivity contribution in [3.63, 3.8) is 0 Å². The second-order valence-corrected chi connectivity index (χ2v) is 10.3. The topological polar surface area (TPSA) is 60.4 Å². The van der Waals surface area contributed by atoms with Gasteiger partial charge in [0.25, 0.3) is 5.78 Å². The highest BCUT2D eigenvalue weighted by molar-refractivity contribution is 9.10. The number of nitrogens with zero attached hydrogens (tertiary/aromatic N) is 6. The molecule has 0 amide bonds. The van der Waals surface area contributed by atoms with Gasteiger partial charge in [-0.05, 0) is 55.9 Å². The Balaban J connectivity index is 1.56. The Bertz CT molecular complexity index is 1380. The lowest BCUT2D eigenvalue weighted by Gasteiger charge is -2.10. The number of benzene rings is 1. The summed E-state index contributed by atoms with van der Waals surface area (Å²) in [6.45, 7) is 1.94. The average Bonchev–Trinajstić information content (AvgIpc) is 3.41. The lowest BCUT2D eigenvalue weighted by atomic mass is 9.97. The first-order chi connectivity index (χ1) is 14.2. The van der Waals surface area contributed by atoms with E-state index >= 15 is 0 Å². The van der Waals surface area contributed by atoms with Crippen molar-refractivity contribution in [3.05, 3.63) is 50.6 Å². The number of thioether (sulfide) groups is 1. The van der Waals surface area contributed by atoms with Crippen molar-refractivity contribution in [1.82, 2.24) is 29.2 Å². The predicted molar refractivity (Wildman–Crippen MR) is 120 cm³/mol. The Labute approximate surface area is 183 Å². The van der Waals surface area contributed by atoms with Crippen LogP contribution in [0.15, 0.2) is 33.9 Å². The van der Waals surface area contributed by atoms with E-state index in [2.05, 4.69) is 59.9 Å². The molecule has 0 atom stereocenters. The molecule has 6 rings (SSSR count). The number of fused-ring (bicyclic) bond motifs is 8. The van der Waals surface area contributed by atoms with E-state index in [1.54, 1.807) is 11.8 Å². The second kappa shape index (κ2) is 6.78. The molecule has 0 aliphatic heterocycles. The van der Waals surface area contributed by atoms with Crippen LogP contribution in [0.1, 0.15) is 34.7 Å². The van der Waals surface area contributed by atoms with Crippen LogP contribution in [0.5, 0.6) is 0 Å². The quantitative estimate of drug-likeness (QED) is 0.328. The molecule has 1 aromatic carbocycles. The van der Waals surface area contributed by atoms with Crippen molar-refractivity contribution in [2.45, 2.75) is 43.5 Å². The largest absolute Gasteiger partial charge is 0.260 e. The van der Waals surface area contributed by atoms with Gasteiger partial charge >= 0.3 is 0 Å². The molecule has 0 spiro atoms. The molecule has 9 heteroatoms. The van der Waals surface area contributed by atoms with Gasteiger partial charge in [-0.15, -0.1) is 26.6 Å². The Morgan fingerprint density at radius 3 is 2.83 bits per heavy atom. The van der Waals surface area contributed by atoms with E-state index < -0.39 is 0 Å². The lowest BCUT2D eigenvalue weighted by Crippen LogP contribution is -2.01. The number of rotatable bonds is 3. The second-order valence-electron chi connectivity index (χ2n) is 7.32. The molecule has 4 heterocycles. The highest BCUT2D eigenvalue weighted by Crippen LogP contribution is 2.40. The van der Waals surface area contributed by atoms with Gasteiger partial charge < -0.3 is 0 Å². The SMILES string of the molecule is Cc1nc2c3c4c(sc3n3c(SCc5ccc(Br)cc5)nnc3n2n1)CCCC4. The summed E-state index contributed by atoms with van der Waals surface area (Å²) in [5.74, 6) is 2.35. The number of hydrogen-bond acceptors (Lipinski definition) is 6. The van der Waals surface area contributed by atoms with Crippen LogP contribution in [0, 0.1) is 6.92 Å². The van der Waals surface area contributed by atoms with E-state index in [1.807, 2.05) is 22.8 Å². The highest BCUT2D eigenvalue weighted by Gasteiger charge is 2.25. The van der Waals surface area contributed by atoms with Crippen molar-refractivity contribution in [1.29, 1.82) is 0 Å². The fourth-order valence-electron chi connectivity index (χ4n) is 4.06. The monoisotopic (exact) mass is 484 g/mol. The van der Waals surface area contributed by atoms with Crippen LogP contribution >= 0.6 is 39.0 Å². The summed E-state index contributed by atoms with van der Waals surface area (Å²) < 4.78 is 5.15. The molecule has 29 heavy (non-hydrogen) atoms. The van der Waals surface area contributed by atoms with E-state index in [-0.39, 0.29) is 0 Å². The molecule has 5 aromatic rings. The molecule has 6 nitrogen and oxygen atoms in total. The van der Waals surface area contributed by atoms with E-state index in [0.29, 0.717) is 0 Å². The van der Waals surface area contributed by atoms with Crippen LogP contribution in [-0.2, 0) is 18.6 Å². The zero-order valence-corrected chi connectivity index (χ0v) is 18.9. The first kappa shape index (κ1) is 17.9. The molecule has 146 valence electrons. The number of hydrogen-bond donors (Lipinski definition) is 0. The van der Waals surface area contributed by atoms with Crippen LogP contribution in [0.2, 0.25) is 0 Å². The summed E-state index contributed by atoms with van der Waals surface area (Å²) >= 11 is 7.09. The number of aromatic nitrogens is 6. The standard InChI is InChI=1S/C20H17BrN6S2/c1-11-22-17-16-14-4-2-3-5-15(14)29-18(16)26-19(27(17)25-11)23-24-20(26)28-10-12-6-8-13(21)9-7-12/h6-9H,2-5,10H2,1H3. The Hall–Kier alpha value is -1.97. The van der Waals surface area contributed by atoms with Gasteiger partial charge in [-0.3, -0.25) is 0 Å². The van der Waals surface area contributed by atoms with Crippen LogP contribution in [0.4, 0.5) is 0 Å². The maximum atomic E-state index is 4.75. The molecular formula is C20H17BrN6S2. The van der Waals surface area contributed by atoms with Gasteiger partial charge in [0, 0.05) is 15.1 Å².